The number of rotatable bonds is 5. The second-order valence-corrected chi connectivity index (χ2v) is 8.24. The number of nitrogens with zero attached hydrogens (tertiary/aromatic N) is 5. The van der Waals surface area contributed by atoms with Crippen molar-refractivity contribution in [2.75, 3.05) is 5.75 Å². The highest BCUT2D eigenvalue weighted by Crippen LogP contribution is 2.48. The van der Waals surface area contributed by atoms with Crippen molar-refractivity contribution in [1.82, 2.24) is 19.4 Å². The standard InChI is InChI=1S/C22H23N5S/c1-2-17-15-28-22-25-20(18-6-3-4-10-24-18)21(27(17)22)19-7-5-13-26(19)14-16-8-11-23-12-9-16/h3-13,17,20-21H,2,14-15H2,1H3/t17-,20-,21+/m0/s1. The molecule has 28 heavy (non-hydrogen) atoms. The van der Waals surface area contributed by atoms with Crippen LogP contribution in [0.4, 0.5) is 0 Å². The monoisotopic (exact) mass is 389 g/mol. The van der Waals surface area contributed by atoms with Gasteiger partial charge in [-0.25, -0.2) is 0 Å². The van der Waals surface area contributed by atoms with Crippen molar-refractivity contribution in [3.63, 3.8) is 0 Å². The summed E-state index contributed by atoms with van der Waals surface area (Å²) >= 11 is 1.89. The molecule has 3 atom stereocenters. The summed E-state index contributed by atoms with van der Waals surface area (Å²) in [7, 11) is 0. The van der Waals surface area contributed by atoms with Crippen molar-refractivity contribution < 1.29 is 0 Å². The van der Waals surface area contributed by atoms with Crippen LogP contribution in [-0.2, 0) is 6.54 Å². The quantitative estimate of drug-likeness (QED) is 0.652. The van der Waals surface area contributed by atoms with Gasteiger partial charge in [0.1, 0.15) is 6.04 Å². The average Bonchev–Trinajstić information content (AvgIpc) is 3.44. The van der Waals surface area contributed by atoms with E-state index in [9.17, 15) is 0 Å². The Kier molecular flexibility index (Phi) is 4.64. The molecule has 0 radical (unpaired) electrons. The Balaban J connectivity index is 1.55. The van der Waals surface area contributed by atoms with Crippen LogP contribution in [0.3, 0.4) is 0 Å². The van der Waals surface area contributed by atoms with Gasteiger partial charge in [0, 0.05) is 48.8 Å². The fourth-order valence-corrected chi connectivity index (χ4v) is 5.53. The van der Waals surface area contributed by atoms with Crippen LogP contribution < -0.4 is 0 Å². The van der Waals surface area contributed by atoms with Crippen LogP contribution in [0.25, 0.3) is 0 Å². The van der Waals surface area contributed by atoms with E-state index in [0.717, 1.165) is 24.4 Å². The number of aliphatic imine (C=N–C) groups is 1. The van der Waals surface area contributed by atoms with Crippen LogP contribution in [0.1, 0.15) is 42.4 Å². The Hall–Kier alpha value is -2.60. The van der Waals surface area contributed by atoms with E-state index < -0.39 is 0 Å². The molecule has 6 heteroatoms. The molecule has 142 valence electrons. The van der Waals surface area contributed by atoms with Crippen LogP contribution in [0.5, 0.6) is 0 Å². The second kappa shape index (κ2) is 7.43. The Bertz CT molecular complexity index is 969. The normalized spacial score (nSPS) is 23.7. The lowest BCUT2D eigenvalue weighted by atomic mass is 9.99. The van der Waals surface area contributed by atoms with Crippen LogP contribution in [0.15, 0.2) is 72.2 Å². The molecular formula is C22H23N5S. The zero-order valence-corrected chi connectivity index (χ0v) is 16.7. The van der Waals surface area contributed by atoms with Gasteiger partial charge in [-0.15, -0.1) is 0 Å². The lowest BCUT2D eigenvalue weighted by Gasteiger charge is -2.32. The van der Waals surface area contributed by atoms with Gasteiger partial charge >= 0.3 is 0 Å². The number of amidine groups is 1. The summed E-state index contributed by atoms with van der Waals surface area (Å²) in [6, 6.07) is 15.4. The molecule has 0 aliphatic carbocycles. The van der Waals surface area contributed by atoms with Crippen molar-refractivity contribution >= 4 is 16.9 Å². The Morgan fingerprint density at radius 2 is 1.96 bits per heavy atom. The largest absolute Gasteiger partial charge is 0.345 e. The molecule has 5 nitrogen and oxygen atoms in total. The van der Waals surface area contributed by atoms with Gasteiger partial charge in [-0.2, -0.15) is 0 Å². The van der Waals surface area contributed by atoms with Crippen LogP contribution in [-0.4, -0.2) is 36.4 Å². The Morgan fingerprint density at radius 1 is 1.07 bits per heavy atom. The molecule has 0 N–H and O–H groups in total. The van der Waals surface area contributed by atoms with Gasteiger partial charge in [0.15, 0.2) is 5.17 Å². The van der Waals surface area contributed by atoms with E-state index in [0.29, 0.717) is 6.04 Å². The third-order valence-electron chi connectivity index (χ3n) is 5.60. The van der Waals surface area contributed by atoms with Crippen molar-refractivity contribution in [2.24, 2.45) is 4.99 Å². The van der Waals surface area contributed by atoms with Crippen molar-refractivity contribution in [3.8, 4) is 0 Å². The molecule has 2 aliphatic rings. The number of thioether (sulfide) groups is 1. The zero-order chi connectivity index (χ0) is 18.9. The topological polar surface area (TPSA) is 46.3 Å². The van der Waals surface area contributed by atoms with Crippen LogP contribution in [0.2, 0.25) is 0 Å². The predicted molar refractivity (Wildman–Crippen MR) is 113 cm³/mol. The van der Waals surface area contributed by atoms with Gasteiger partial charge in [-0.1, -0.05) is 24.8 Å². The molecule has 0 spiro atoms. The zero-order valence-electron chi connectivity index (χ0n) is 15.8. The first kappa shape index (κ1) is 17.5. The minimum absolute atomic E-state index is 0.0316. The van der Waals surface area contributed by atoms with Crippen molar-refractivity contribution in [2.45, 2.75) is 38.0 Å². The number of hydrogen-bond donors (Lipinski definition) is 0. The van der Waals surface area contributed by atoms with E-state index in [2.05, 4.69) is 69.0 Å². The molecule has 5 heterocycles. The minimum Gasteiger partial charge on any atom is -0.345 e. The Morgan fingerprint density at radius 3 is 2.75 bits per heavy atom. The van der Waals surface area contributed by atoms with Gasteiger partial charge < -0.3 is 9.47 Å². The van der Waals surface area contributed by atoms with Crippen LogP contribution in [0, 0.1) is 0 Å². The third-order valence-corrected chi connectivity index (χ3v) is 6.73. The summed E-state index contributed by atoms with van der Waals surface area (Å²) in [5, 5.41) is 1.17. The highest BCUT2D eigenvalue weighted by Gasteiger charge is 2.46. The number of hydrogen-bond acceptors (Lipinski definition) is 5. The fourth-order valence-electron chi connectivity index (χ4n) is 4.20. The molecule has 0 bridgehead atoms. The molecule has 0 unspecified atom stereocenters. The van der Waals surface area contributed by atoms with E-state index in [1.807, 2.05) is 36.4 Å². The predicted octanol–water partition coefficient (Wildman–Crippen LogP) is 4.31. The third kappa shape index (κ3) is 3.02. The smallest absolute Gasteiger partial charge is 0.160 e. The Labute approximate surface area is 169 Å². The van der Waals surface area contributed by atoms with Crippen LogP contribution >= 0.6 is 11.8 Å². The molecule has 0 amide bonds. The van der Waals surface area contributed by atoms with E-state index in [-0.39, 0.29) is 12.1 Å². The maximum Gasteiger partial charge on any atom is 0.160 e. The first-order valence-electron chi connectivity index (χ1n) is 9.79. The van der Waals surface area contributed by atoms with E-state index in [1.54, 1.807) is 0 Å². The summed E-state index contributed by atoms with van der Waals surface area (Å²) in [6.45, 7) is 3.11. The molecule has 3 aromatic rings. The highest BCUT2D eigenvalue weighted by molar-refractivity contribution is 8.14. The summed E-state index contributed by atoms with van der Waals surface area (Å²) in [4.78, 5) is 16.5. The lowest BCUT2D eigenvalue weighted by molar-refractivity contribution is 0.246. The molecule has 0 saturated carbocycles. The number of pyridine rings is 2. The average molecular weight is 390 g/mol. The van der Waals surface area contributed by atoms with Gasteiger partial charge in [0.05, 0.1) is 11.7 Å². The summed E-state index contributed by atoms with van der Waals surface area (Å²) < 4.78 is 2.35. The lowest BCUT2D eigenvalue weighted by Crippen LogP contribution is -2.36. The SMILES string of the molecule is CC[C@H]1CSC2=N[C@@H](c3ccccn3)[C@@H](c3cccn3Cc3ccncc3)N21. The summed E-state index contributed by atoms with van der Waals surface area (Å²) in [6.07, 6.45) is 8.89. The van der Waals surface area contributed by atoms with E-state index in [1.165, 1.54) is 16.4 Å². The van der Waals surface area contributed by atoms with Crippen molar-refractivity contribution in [3.05, 3.63) is 84.2 Å². The van der Waals surface area contributed by atoms with E-state index in [4.69, 9.17) is 4.99 Å². The molecule has 3 aromatic heterocycles. The minimum atomic E-state index is 0.0316. The molecular weight excluding hydrogens is 366 g/mol. The maximum absolute atomic E-state index is 5.12. The molecule has 0 aromatic carbocycles. The van der Waals surface area contributed by atoms with Gasteiger partial charge in [0.25, 0.3) is 0 Å². The molecule has 2 aliphatic heterocycles. The second-order valence-electron chi connectivity index (χ2n) is 7.25. The molecule has 5 rings (SSSR count). The first-order valence-corrected chi connectivity index (χ1v) is 10.8. The fraction of sp³-hybridized carbons (Fsp3) is 0.318. The molecule has 1 fully saturated rings. The van der Waals surface area contributed by atoms with Gasteiger partial charge in [0.2, 0.25) is 0 Å². The van der Waals surface area contributed by atoms with Crippen molar-refractivity contribution in [1.29, 1.82) is 0 Å². The van der Waals surface area contributed by atoms with E-state index >= 15 is 0 Å². The summed E-state index contributed by atoms with van der Waals surface area (Å²) in [5.41, 5.74) is 3.59. The van der Waals surface area contributed by atoms with Gasteiger partial charge in [-0.3, -0.25) is 15.0 Å². The number of aromatic nitrogens is 3. The van der Waals surface area contributed by atoms with Gasteiger partial charge in [-0.05, 0) is 48.4 Å². The number of fused-ring (bicyclic) bond motifs is 1. The molecule has 1 saturated heterocycles. The highest BCUT2D eigenvalue weighted by atomic mass is 32.2. The first-order chi connectivity index (χ1) is 13.8. The summed E-state index contributed by atoms with van der Waals surface area (Å²) in [5.74, 6) is 1.12. The maximum atomic E-state index is 5.12.